The lowest BCUT2D eigenvalue weighted by molar-refractivity contribution is 0.627. The number of rotatable bonds is 5. The maximum atomic E-state index is 13.1. The average Bonchev–Trinajstić information content (AvgIpc) is 3.33. The molecule has 0 spiro atoms. The van der Waals surface area contributed by atoms with Crippen LogP contribution in [0.4, 0.5) is 16.0 Å². The van der Waals surface area contributed by atoms with Crippen LogP contribution in [0.2, 0.25) is 5.02 Å². The summed E-state index contributed by atoms with van der Waals surface area (Å²) in [7, 11) is 1.84. The highest BCUT2D eigenvalue weighted by Crippen LogP contribution is 2.38. The number of nitrogens with zero attached hydrogens (tertiary/aromatic N) is 2. The number of aromatic nitrogens is 2. The maximum Gasteiger partial charge on any atom is 0.141 e. The predicted molar refractivity (Wildman–Crippen MR) is 82.3 cm³/mol. The van der Waals surface area contributed by atoms with Crippen LogP contribution in [0.3, 0.4) is 0 Å². The van der Waals surface area contributed by atoms with Crippen LogP contribution in [-0.2, 0) is 6.54 Å². The molecule has 0 bridgehead atoms. The van der Waals surface area contributed by atoms with Crippen molar-refractivity contribution in [2.75, 3.05) is 17.7 Å². The SMILES string of the molecule is CNc1cc(NCc2ccc(F)c(Cl)c2)nc(C2CC2)n1. The van der Waals surface area contributed by atoms with E-state index < -0.39 is 5.82 Å². The first-order valence-corrected chi connectivity index (χ1v) is 7.28. The van der Waals surface area contributed by atoms with E-state index in [9.17, 15) is 4.39 Å². The molecule has 6 heteroatoms. The lowest BCUT2D eigenvalue weighted by Crippen LogP contribution is -2.06. The highest BCUT2D eigenvalue weighted by atomic mass is 35.5. The van der Waals surface area contributed by atoms with Crippen molar-refractivity contribution in [1.82, 2.24) is 9.97 Å². The second-order valence-electron chi connectivity index (χ2n) is 5.12. The van der Waals surface area contributed by atoms with Gasteiger partial charge in [0.05, 0.1) is 5.02 Å². The highest BCUT2D eigenvalue weighted by Gasteiger charge is 2.27. The second kappa shape index (κ2) is 5.85. The molecule has 2 aromatic rings. The van der Waals surface area contributed by atoms with Gasteiger partial charge in [0.15, 0.2) is 0 Å². The first-order chi connectivity index (χ1) is 10.2. The van der Waals surface area contributed by atoms with Crippen LogP contribution in [0.1, 0.15) is 30.1 Å². The summed E-state index contributed by atoms with van der Waals surface area (Å²) in [6, 6.07) is 6.55. The summed E-state index contributed by atoms with van der Waals surface area (Å²) in [4.78, 5) is 8.99. The molecular weight excluding hydrogens is 291 g/mol. The van der Waals surface area contributed by atoms with Crippen LogP contribution in [0, 0.1) is 5.82 Å². The molecule has 1 aliphatic rings. The van der Waals surface area contributed by atoms with Gasteiger partial charge in [0, 0.05) is 25.6 Å². The smallest absolute Gasteiger partial charge is 0.141 e. The Kier molecular flexibility index (Phi) is 3.92. The summed E-state index contributed by atoms with van der Waals surface area (Å²) < 4.78 is 13.1. The first-order valence-electron chi connectivity index (χ1n) is 6.90. The largest absolute Gasteiger partial charge is 0.373 e. The molecule has 2 N–H and O–H groups in total. The van der Waals surface area contributed by atoms with Gasteiger partial charge in [-0.1, -0.05) is 17.7 Å². The summed E-state index contributed by atoms with van der Waals surface area (Å²) in [6.45, 7) is 0.532. The van der Waals surface area contributed by atoms with Gasteiger partial charge in [-0.15, -0.1) is 0 Å². The molecule has 0 unspecified atom stereocenters. The molecule has 110 valence electrons. The molecule has 1 heterocycles. The zero-order valence-electron chi connectivity index (χ0n) is 11.7. The molecule has 4 nitrogen and oxygen atoms in total. The van der Waals surface area contributed by atoms with Gasteiger partial charge in [-0.2, -0.15) is 0 Å². The van der Waals surface area contributed by atoms with Crippen molar-refractivity contribution in [2.45, 2.75) is 25.3 Å². The number of halogens is 2. The number of benzene rings is 1. The van der Waals surface area contributed by atoms with Gasteiger partial charge >= 0.3 is 0 Å². The Morgan fingerprint density at radius 2 is 2.00 bits per heavy atom. The summed E-state index contributed by atoms with van der Waals surface area (Å²) in [5.41, 5.74) is 0.902. The Labute approximate surface area is 127 Å². The molecule has 21 heavy (non-hydrogen) atoms. The normalized spacial score (nSPS) is 14.0. The van der Waals surface area contributed by atoms with Crippen molar-refractivity contribution in [3.8, 4) is 0 Å². The molecule has 0 radical (unpaired) electrons. The molecule has 1 aliphatic carbocycles. The lowest BCUT2D eigenvalue weighted by atomic mass is 10.2. The van der Waals surface area contributed by atoms with Gasteiger partial charge in [0.2, 0.25) is 0 Å². The zero-order chi connectivity index (χ0) is 14.8. The molecule has 1 aromatic heterocycles. The van der Waals surface area contributed by atoms with Crippen molar-refractivity contribution in [3.05, 3.63) is 46.5 Å². The highest BCUT2D eigenvalue weighted by molar-refractivity contribution is 6.30. The summed E-state index contributed by atoms with van der Waals surface area (Å²) in [5, 5.41) is 6.41. The number of nitrogens with one attached hydrogen (secondary N) is 2. The maximum absolute atomic E-state index is 13.1. The van der Waals surface area contributed by atoms with Gasteiger partial charge in [0.1, 0.15) is 23.3 Å². The quantitative estimate of drug-likeness (QED) is 0.882. The van der Waals surface area contributed by atoms with Crippen molar-refractivity contribution < 1.29 is 4.39 Å². The van der Waals surface area contributed by atoms with Gasteiger partial charge in [-0.3, -0.25) is 0 Å². The van der Waals surface area contributed by atoms with E-state index in [2.05, 4.69) is 20.6 Å². The minimum atomic E-state index is -0.407. The van der Waals surface area contributed by atoms with Crippen LogP contribution in [-0.4, -0.2) is 17.0 Å². The van der Waals surface area contributed by atoms with Crippen LogP contribution >= 0.6 is 11.6 Å². The fourth-order valence-electron chi connectivity index (χ4n) is 2.05. The minimum absolute atomic E-state index is 0.131. The molecule has 0 saturated heterocycles. The van der Waals surface area contributed by atoms with Gasteiger partial charge in [0.25, 0.3) is 0 Å². The third-order valence-corrected chi connectivity index (χ3v) is 3.69. The fraction of sp³-hybridized carbons (Fsp3) is 0.333. The van der Waals surface area contributed by atoms with E-state index in [4.69, 9.17) is 11.6 Å². The standard InChI is InChI=1S/C15H16ClFN4/c1-18-13-7-14(21-15(20-13)10-3-4-10)19-8-9-2-5-12(17)11(16)6-9/h2,5-7,10H,3-4,8H2,1H3,(H2,18,19,20,21). The Morgan fingerprint density at radius 3 is 2.67 bits per heavy atom. The summed E-state index contributed by atoms with van der Waals surface area (Å²) in [5.74, 6) is 2.51. The van der Waals surface area contributed by atoms with Crippen LogP contribution in [0.15, 0.2) is 24.3 Å². The Balaban J connectivity index is 1.74. The summed E-state index contributed by atoms with van der Waals surface area (Å²) in [6.07, 6.45) is 2.31. The first kappa shape index (κ1) is 14.1. The van der Waals surface area contributed by atoms with E-state index in [0.717, 1.165) is 35.9 Å². The van der Waals surface area contributed by atoms with Crippen molar-refractivity contribution in [3.63, 3.8) is 0 Å². The molecule has 1 aromatic carbocycles. The third kappa shape index (κ3) is 3.42. The average molecular weight is 307 g/mol. The van der Waals surface area contributed by atoms with E-state index in [0.29, 0.717) is 12.5 Å². The molecule has 0 aliphatic heterocycles. The number of anilines is 2. The molecule has 3 rings (SSSR count). The van der Waals surface area contributed by atoms with E-state index in [1.807, 2.05) is 13.1 Å². The minimum Gasteiger partial charge on any atom is -0.373 e. The van der Waals surface area contributed by atoms with Gasteiger partial charge < -0.3 is 10.6 Å². The van der Waals surface area contributed by atoms with E-state index in [1.54, 1.807) is 12.1 Å². The number of hydrogen-bond acceptors (Lipinski definition) is 4. The van der Waals surface area contributed by atoms with Crippen molar-refractivity contribution >= 4 is 23.2 Å². The van der Waals surface area contributed by atoms with E-state index in [1.165, 1.54) is 6.07 Å². The van der Waals surface area contributed by atoms with Crippen molar-refractivity contribution in [2.24, 2.45) is 0 Å². The van der Waals surface area contributed by atoms with E-state index >= 15 is 0 Å². The zero-order valence-corrected chi connectivity index (χ0v) is 12.4. The summed E-state index contributed by atoms with van der Waals surface area (Å²) >= 11 is 5.78. The van der Waals surface area contributed by atoms with Crippen LogP contribution in [0.5, 0.6) is 0 Å². The van der Waals surface area contributed by atoms with Crippen molar-refractivity contribution in [1.29, 1.82) is 0 Å². The topological polar surface area (TPSA) is 49.8 Å². The second-order valence-corrected chi connectivity index (χ2v) is 5.53. The molecule has 0 amide bonds. The third-order valence-electron chi connectivity index (χ3n) is 3.40. The van der Waals surface area contributed by atoms with Crippen LogP contribution in [0.25, 0.3) is 0 Å². The molecular formula is C15H16ClFN4. The van der Waals surface area contributed by atoms with E-state index in [-0.39, 0.29) is 5.02 Å². The Bertz CT molecular complexity index is 658. The number of hydrogen-bond donors (Lipinski definition) is 2. The fourth-order valence-corrected chi connectivity index (χ4v) is 2.25. The van der Waals surface area contributed by atoms with Gasteiger partial charge in [-0.05, 0) is 30.5 Å². The van der Waals surface area contributed by atoms with Crippen LogP contribution < -0.4 is 10.6 Å². The Hall–Kier alpha value is -1.88. The molecule has 1 fully saturated rings. The van der Waals surface area contributed by atoms with Gasteiger partial charge in [-0.25, -0.2) is 14.4 Å². The Morgan fingerprint density at radius 1 is 1.24 bits per heavy atom. The lowest BCUT2D eigenvalue weighted by Gasteiger charge is -2.10. The molecule has 0 atom stereocenters. The molecule has 1 saturated carbocycles. The monoisotopic (exact) mass is 306 g/mol. The predicted octanol–water partition coefficient (Wildman–Crippen LogP) is 3.80.